The first kappa shape index (κ1) is 26.1. The van der Waals surface area contributed by atoms with E-state index in [4.69, 9.17) is 15.9 Å². The van der Waals surface area contributed by atoms with Crippen molar-refractivity contribution >= 4 is 47.6 Å². The maximum absolute atomic E-state index is 13.5. The van der Waals surface area contributed by atoms with Crippen LogP contribution in [0.25, 0.3) is 0 Å². The van der Waals surface area contributed by atoms with Crippen LogP contribution in [0.5, 0.6) is 0 Å². The van der Waals surface area contributed by atoms with Gasteiger partial charge in [0.05, 0.1) is 24.6 Å². The van der Waals surface area contributed by atoms with Gasteiger partial charge in [-0.1, -0.05) is 18.2 Å². The van der Waals surface area contributed by atoms with Crippen LogP contribution in [0.4, 0.5) is 10.5 Å². The van der Waals surface area contributed by atoms with Crippen molar-refractivity contribution in [3.63, 3.8) is 0 Å². The van der Waals surface area contributed by atoms with Gasteiger partial charge in [-0.3, -0.25) is 28.9 Å². The second kappa shape index (κ2) is 11.3. The molecule has 0 unspecified atom stereocenters. The summed E-state index contributed by atoms with van der Waals surface area (Å²) in [5, 5.41) is 26.6. The molecular formula is C22H26N6O8. The Bertz CT molecular complexity index is 1120. The number of nitrogens with zero attached hydrogens (tertiary/aromatic N) is 2. The summed E-state index contributed by atoms with van der Waals surface area (Å²) >= 11 is 0. The third kappa shape index (κ3) is 6.34. The van der Waals surface area contributed by atoms with E-state index in [9.17, 15) is 28.8 Å². The molecule has 0 fully saturated rings. The number of nitrogens with one attached hydrogen (secondary N) is 3. The minimum atomic E-state index is -1.24. The fourth-order valence-electron chi connectivity index (χ4n) is 4.26. The maximum atomic E-state index is 13.5. The average Bonchev–Trinajstić information content (AvgIpc) is 3.13. The largest absolute Gasteiger partial charge is 0.481 e. The molecule has 0 bridgehead atoms. The van der Waals surface area contributed by atoms with Crippen molar-refractivity contribution in [2.75, 3.05) is 4.90 Å². The Morgan fingerprint density at radius 1 is 1.14 bits per heavy atom. The average molecular weight is 502 g/mol. The maximum Gasteiger partial charge on any atom is 0.332 e. The number of rotatable bonds is 10. The fourth-order valence-corrected chi connectivity index (χ4v) is 4.26. The van der Waals surface area contributed by atoms with E-state index < -0.39 is 60.2 Å². The standard InChI is InChI=1S/C22H26N6O8/c23-22(36)27-24-10-13(9-18(32)33)25-20(34)15-8-12-3-1-2-11-4-5-14(21(35)28(15)19(11)12)26-16(29)6-7-17(30)31/h1-3,10,13-15H,4-9H2,(H,25,34)(H,26,29)(H,30,31)(H,32,33)(H3,23,27,36)/b24-10+/t13-,14+,15+/m1/s1. The van der Waals surface area contributed by atoms with E-state index in [1.807, 2.05) is 11.5 Å². The summed E-state index contributed by atoms with van der Waals surface area (Å²) < 4.78 is 0. The summed E-state index contributed by atoms with van der Waals surface area (Å²) in [5.41, 5.74) is 8.98. The van der Waals surface area contributed by atoms with Crippen molar-refractivity contribution in [3.05, 3.63) is 29.3 Å². The van der Waals surface area contributed by atoms with Crippen LogP contribution in [0.1, 0.15) is 36.8 Å². The van der Waals surface area contributed by atoms with Crippen LogP contribution in [-0.2, 0) is 36.8 Å². The number of carbonyl (C=O) groups excluding carboxylic acids is 4. The smallest absolute Gasteiger partial charge is 0.332 e. The minimum absolute atomic E-state index is 0.164. The summed E-state index contributed by atoms with van der Waals surface area (Å²) in [4.78, 5) is 73.1. The first-order valence-corrected chi connectivity index (χ1v) is 11.1. The van der Waals surface area contributed by atoms with E-state index in [2.05, 4.69) is 15.7 Å². The van der Waals surface area contributed by atoms with Crippen LogP contribution in [-0.4, -0.2) is 70.2 Å². The zero-order chi connectivity index (χ0) is 26.4. The number of nitrogens with two attached hydrogens (primary N) is 1. The molecule has 2 aliphatic heterocycles. The molecular weight excluding hydrogens is 476 g/mol. The van der Waals surface area contributed by atoms with E-state index in [0.717, 1.165) is 17.3 Å². The molecule has 0 aliphatic carbocycles. The Morgan fingerprint density at radius 3 is 2.53 bits per heavy atom. The molecule has 0 saturated carbocycles. The SMILES string of the molecule is NC(=O)N/N=C/[C@@H](CC(=O)O)NC(=O)[C@@H]1Cc2cccc3c2N1C(=O)[C@@H](NC(=O)CCC(=O)O)CC3. The van der Waals surface area contributed by atoms with Gasteiger partial charge < -0.3 is 26.6 Å². The van der Waals surface area contributed by atoms with Crippen LogP contribution in [0, 0.1) is 0 Å². The first-order chi connectivity index (χ1) is 17.1. The molecule has 0 radical (unpaired) electrons. The number of aliphatic carboxylic acids is 2. The van der Waals surface area contributed by atoms with Gasteiger partial charge in [-0.05, 0) is 24.0 Å². The molecule has 1 aromatic rings. The van der Waals surface area contributed by atoms with Crippen LogP contribution in [0.3, 0.4) is 0 Å². The predicted octanol–water partition coefficient (Wildman–Crippen LogP) is -1.15. The quantitative estimate of drug-likeness (QED) is 0.169. The van der Waals surface area contributed by atoms with Gasteiger partial charge in [-0.2, -0.15) is 5.10 Å². The number of primary amides is 1. The molecule has 5 amide bonds. The zero-order valence-electron chi connectivity index (χ0n) is 19.1. The molecule has 0 aromatic heterocycles. The van der Waals surface area contributed by atoms with E-state index in [1.54, 1.807) is 12.1 Å². The lowest BCUT2D eigenvalue weighted by Gasteiger charge is -2.28. The van der Waals surface area contributed by atoms with Gasteiger partial charge in [-0.25, -0.2) is 10.2 Å². The van der Waals surface area contributed by atoms with Crippen molar-refractivity contribution in [1.29, 1.82) is 0 Å². The van der Waals surface area contributed by atoms with Crippen molar-refractivity contribution < 1.29 is 39.0 Å². The van der Waals surface area contributed by atoms with Crippen molar-refractivity contribution in [2.24, 2.45) is 10.8 Å². The molecule has 14 heteroatoms. The fraction of sp³-hybridized carbons (Fsp3) is 0.409. The number of hydrogen-bond acceptors (Lipinski definition) is 7. The van der Waals surface area contributed by atoms with Crippen LogP contribution in [0.2, 0.25) is 0 Å². The third-order valence-electron chi connectivity index (χ3n) is 5.76. The number of carboxylic acid groups (broad SMARTS) is 2. The van der Waals surface area contributed by atoms with E-state index in [-0.39, 0.29) is 25.7 Å². The molecule has 7 N–H and O–H groups in total. The first-order valence-electron chi connectivity index (χ1n) is 11.1. The molecule has 1 aromatic carbocycles. The molecule has 0 spiro atoms. The second-order valence-electron chi connectivity index (χ2n) is 8.37. The highest BCUT2D eigenvalue weighted by atomic mass is 16.4. The second-order valence-corrected chi connectivity index (χ2v) is 8.37. The van der Waals surface area contributed by atoms with Crippen LogP contribution in [0.15, 0.2) is 23.3 Å². The number of aryl methyl sites for hydroxylation is 1. The summed E-state index contributed by atoms with van der Waals surface area (Å²) in [6.07, 6.45) is 0.649. The molecule has 3 atom stereocenters. The normalized spacial score (nSPS) is 19.2. The van der Waals surface area contributed by atoms with E-state index in [0.29, 0.717) is 12.1 Å². The third-order valence-corrected chi connectivity index (χ3v) is 5.76. The molecule has 192 valence electrons. The van der Waals surface area contributed by atoms with Crippen LogP contribution < -0.4 is 26.7 Å². The molecule has 0 saturated heterocycles. The van der Waals surface area contributed by atoms with Gasteiger partial charge in [0.25, 0.3) is 0 Å². The molecule has 14 nitrogen and oxygen atoms in total. The number of amides is 5. The predicted molar refractivity (Wildman–Crippen MR) is 124 cm³/mol. The number of hydrazone groups is 1. The highest BCUT2D eigenvalue weighted by molar-refractivity contribution is 6.08. The monoisotopic (exact) mass is 502 g/mol. The lowest BCUT2D eigenvalue weighted by Crippen LogP contribution is -2.56. The number of urea groups is 1. The summed E-state index contributed by atoms with van der Waals surface area (Å²) in [5.74, 6) is -4.16. The van der Waals surface area contributed by atoms with Crippen molar-refractivity contribution in [3.8, 4) is 0 Å². The number of anilines is 1. The number of para-hydroxylation sites is 1. The van der Waals surface area contributed by atoms with Gasteiger partial charge in [0, 0.05) is 19.1 Å². The van der Waals surface area contributed by atoms with Gasteiger partial charge in [0.1, 0.15) is 12.1 Å². The highest BCUT2D eigenvalue weighted by Crippen LogP contribution is 2.39. The lowest BCUT2D eigenvalue weighted by molar-refractivity contribution is -0.139. The van der Waals surface area contributed by atoms with E-state index >= 15 is 0 Å². The Hall–Kier alpha value is -4.49. The Kier molecular flexibility index (Phi) is 8.19. The van der Waals surface area contributed by atoms with Gasteiger partial charge >= 0.3 is 18.0 Å². The molecule has 3 rings (SSSR count). The Balaban J connectivity index is 1.83. The number of carboxylic acids is 2. The molecule has 2 aliphatic rings. The lowest BCUT2D eigenvalue weighted by atomic mass is 10.0. The highest BCUT2D eigenvalue weighted by Gasteiger charge is 2.44. The van der Waals surface area contributed by atoms with Gasteiger partial charge in [0.2, 0.25) is 17.7 Å². The number of hydrogen-bond donors (Lipinski definition) is 6. The van der Waals surface area contributed by atoms with E-state index in [1.165, 1.54) is 4.90 Å². The summed E-state index contributed by atoms with van der Waals surface area (Å²) in [7, 11) is 0. The number of carbonyl (C=O) groups is 6. The minimum Gasteiger partial charge on any atom is -0.481 e. The van der Waals surface area contributed by atoms with Gasteiger partial charge in [-0.15, -0.1) is 0 Å². The van der Waals surface area contributed by atoms with Crippen molar-refractivity contribution in [2.45, 2.75) is 56.7 Å². The van der Waals surface area contributed by atoms with Crippen LogP contribution >= 0.6 is 0 Å². The van der Waals surface area contributed by atoms with Crippen molar-refractivity contribution in [1.82, 2.24) is 16.1 Å². The Labute approximate surface area is 204 Å². The molecule has 2 heterocycles. The van der Waals surface area contributed by atoms with Gasteiger partial charge in [0.15, 0.2) is 0 Å². The zero-order valence-corrected chi connectivity index (χ0v) is 19.1. The molecule has 36 heavy (non-hydrogen) atoms. The Morgan fingerprint density at radius 2 is 1.86 bits per heavy atom. The number of benzene rings is 1. The summed E-state index contributed by atoms with van der Waals surface area (Å²) in [6, 6.07) is 1.32. The summed E-state index contributed by atoms with van der Waals surface area (Å²) in [6.45, 7) is 0. The topological polar surface area (TPSA) is 221 Å².